The molecule has 0 aliphatic heterocycles. The van der Waals surface area contributed by atoms with Gasteiger partial charge in [0.1, 0.15) is 0 Å². The van der Waals surface area contributed by atoms with Crippen LogP contribution in [0.4, 0.5) is 5.69 Å². The Hall–Kier alpha value is -1.81. The van der Waals surface area contributed by atoms with Gasteiger partial charge in [-0.15, -0.1) is 0 Å². The highest BCUT2D eigenvalue weighted by Crippen LogP contribution is 2.22. The second-order valence-corrected chi connectivity index (χ2v) is 5.16. The first-order valence-corrected chi connectivity index (χ1v) is 7.23. The molecule has 20 heavy (non-hydrogen) atoms. The van der Waals surface area contributed by atoms with Gasteiger partial charge in [-0.25, -0.2) is 4.79 Å². The van der Waals surface area contributed by atoms with Crippen molar-refractivity contribution in [3.63, 3.8) is 0 Å². The average molecular weight is 334 g/mol. The molecule has 0 amide bonds. The third kappa shape index (κ3) is 3.84. The summed E-state index contributed by atoms with van der Waals surface area (Å²) in [5, 5.41) is 3.21. The highest BCUT2D eigenvalue weighted by molar-refractivity contribution is 9.10. The van der Waals surface area contributed by atoms with Crippen LogP contribution < -0.4 is 5.32 Å². The van der Waals surface area contributed by atoms with Crippen molar-refractivity contribution in [3.8, 4) is 0 Å². The number of benzene rings is 2. The van der Waals surface area contributed by atoms with Crippen LogP contribution in [-0.4, -0.2) is 12.6 Å². The Morgan fingerprint density at radius 2 is 1.80 bits per heavy atom. The van der Waals surface area contributed by atoms with Crippen molar-refractivity contribution >= 4 is 27.6 Å². The number of nitrogens with one attached hydrogen (secondary N) is 1. The molecule has 1 N–H and O–H groups in total. The van der Waals surface area contributed by atoms with Crippen molar-refractivity contribution in [1.82, 2.24) is 0 Å². The van der Waals surface area contributed by atoms with Crippen LogP contribution >= 0.6 is 15.9 Å². The lowest BCUT2D eigenvalue weighted by molar-refractivity contribution is -0.144. The van der Waals surface area contributed by atoms with Crippen molar-refractivity contribution in [1.29, 1.82) is 0 Å². The number of hydrogen-bond acceptors (Lipinski definition) is 3. The van der Waals surface area contributed by atoms with Crippen LogP contribution in [0.1, 0.15) is 18.5 Å². The number of carbonyl (C=O) groups excluding carboxylic acids is 1. The van der Waals surface area contributed by atoms with Gasteiger partial charge in [0.15, 0.2) is 6.04 Å². The number of ether oxygens (including phenoxy) is 1. The number of halogens is 1. The van der Waals surface area contributed by atoms with Crippen LogP contribution in [0.3, 0.4) is 0 Å². The number of para-hydroxylation sites is 1. The van der Waals surface area contributed by atoms with Crippen LogP contribution in [0, 0.1) is 0 Å². The standard InChI is InChI=1S/C16H16BrNO2/c1-2-20-16(19)15(12-8-10-13(17)11-9-12)18-14-6-4-3-5-7-14/h3-11,15,18H,2H2,1H3. The van der Waals surface area contributed by atoms with Crippen LogP contribution in [-0.2, 0) is 9.53 Å². The first kappa shape index (κ1) is 14.6. The van der Waals surface area contributed by atoms with E-state index in [9.17, 15) is 4.79 Å². The molecule has 0 spiro atoms. The van der Waals surface area contributed by atoms with Gasteiger partial charge in [-0.1, -0.05) is 46.3 Å². The molecule has 2 aromatic rings. The molecule has 0 aliphatic carbocycles. The van der Waals surface area contributed by atoms with E-state index in [0.29, 0.717) is 6.61 Å². The van der Waals surface area contributed by atoms with Crippen molar-refractivity contribution in [2.24, 2.45) is 0 Å². The molecule has 1 unspecified atom stereocenters. The molecule has 0 radical (unpaired) electrons. The zero-order valence-electron chi connectivity index (χ0n) is 11.2. The summed E-state index contributed by atoms with van der Waals surface area (Å²) in [6.07, 6.45) is 0. The summed E-state index contributed by atoms with van der Waals surface area (Å²) in [4.78, 5) is 12.1. The lowest BCUT2D eigenvalue weighted by Gasteiger charge is -2.19. The van der Waals surface area contributed by atoms with Crippen LogP contribution in [0.5, 0.6) is 0 Å². The maximum Gasteiger partial charge on any atom is 0.333 e. The van der Waals surface area contributed by atoms with E-state index in [2.05, 4.69) is 21.2 Å². The number of carbonyl (C=O) groups is 1. The summed E-state index contributed by atoms with van der Waals surface area (Å²) in [7, 11) is 0. The molecule has 0 bridgehead atoms. The molecule has 0 saturated heterocycles. The minimum absolute atomic E-state index is 0.279. The van der Waals surface area contributed by atoms with E-state index in [-0.39, 0.29) is 5.97 Å². The second kappa shape index (κ2) is 7.10. The minimum atomic E-state index is -0.509. The highest BCUT2D eigenvalue weighted by atomic mass is 79.9. The van der Waals surface area contributed by atoms with E-state index in [1.54, 1.807) is 6.92 Å². The molecule has 0 saturated carbocycles. The van der Waals surface area contributed by atoms with E-state index in [0.717, 1.165) is 15.7 Å². The number of rotatable bonds is 5. The van der Waals surface area contributed by atoms with Gasteiger partial charge in [-0.2, -0.15) is 0 Å². The third-order valence-electron chi connectivity index (χ3n) is 2.81. The van der Waals surface area contributed by atoms with Crippen molar-refractivity contribution in [2.45, 2.75) is 13.0 Å². The van der Waals surface area contributed by atoms with E-state index < -0.39 is 6.04 Å². The molecule has 1 atom stereocenters. The zero-order valence-corrected chi connectivity index (χ0v) is 12.8. The van der Waals surface area contributed by atoms with Crippen LogP contribution in [0.15, 0.2) is 59.1 Å². The Kier molecular flexibility index (Phi) is 5.18. The maximum absolute atomic E-state index is 12.1. The van der Waals surface area contributed by atoms with Gasteiger partial charge in [0.25, 0.3) is 0 Å². The van der Waals surface area contributed by atoms with Gasteiger partial charge in [0.2, 0.25) is 0 Å². The monoisotopic (exact) mass is 333 g/mol. The first-order valence-electron chi connectivity index (χ1n) is 6.44. The summed E-state index contributed by atoms with van der Waals surface area (Å²) in [6.45, 7) is 2.17. The third-order valence-corrected chi connectivity index (χ3v) is 3.34. The van der Waals surface area contributed by atoms with Gasteiger partial charge in [-0.05, 0) is 36.8 Å². The van der Waals surface area contributed by atoms with Crippen LogP contribution in [0.25, 0.3) is 0 Å². The predicted molar refractivity (Wildman–Crippen MR) is 83.6 cm³/mol. The van der Waals surface area contributed by atoms with Gasteiger partial charge >= 0.3 is 5.97 Å². The van der Waals surface area contributed by atoms with Gasteiger partial charge in [0.05, 0.1) is 6.61 Å². The Morgan fingerprint density at radius 1 is 1.15 bits per heavy atom. The SMILES string of the molecule is CCOC(=O)C(Nc1ccccc1)c1ccc(Br)cc1. The smallest absolute Gasteiger partial charge is 0.333 e. The van der Waals surface area contributed by atoms with Gasteiger partial charge in [0, 0.05) is 10.2 Å². The first-order chi connectivity index (χ1) is 9.70. The summed E-state index contributed by atoms with van der Waals surface area (Å²) < 4.78 is 6.12. The van der Waals surface area contributed by atoms with Crippen molar-refractivity contribution in [2.75, 3.05) is 11.9 Å². The molecule has 4 heteroatoms. The zero-order chi connectivity index (χ0) is 14.4. The summed E-state index contributed by atoms with van der Waals surface area (Å²) in [6, 6.07) is 16.7. The van der Waals surface area contributed by atoms with Gasteiger partial charge in [-0.3, -0.25) is 0 Å². The topological polar surface area (TPSA) is 38.3 Å². The number of hydrogen-bond donors (Lipinski definition) is 1. The number of esters is 1. The van der Waals surface area contributed by atoms with Gasteiger partial charge < -0.3 is 10.1 Å². The molecule has 0 aromatic heterocycles. The largest absolute Gasteiger partial charge is 0.464 e. The molecule has 2 aromatic carbocycles. The Balaban J connectivity index is 2.25. The predicted octanol–water partition coefficient (Wildman–Crippen LogP) is 4.17. The normalized spacial score (nSPS) is 11.7. The van der Waals surface area contributed by atoms with Crippen LogP contribution in [0.2, 0.25) is 0 Å². The summed E-state index contributed by atoms with van der Waals surface area (Å²) in [5.41, 5.74) is 1.75. The molecule has 0 aliphatic rings. The van der Waals surface area contributed by atoms with E-state index in [1.807, 2.05) is 54.6 Å². The number of anilines is 1. The maximum atomic E-state index is 12.1. The Labute approximate surface area is 127 Å². The van der Waals surface area contributed by atoms with Crippen molar-refractivity contribution in [3.05, 3.63) is 64.6 Å². The molecule has 104 valence electrons. The molecule has 0 fully saturated rings. The fraction of sp³-hybridized carbons (Fsp3) is 0.188. The lowest BCUT2D eigenvalue weighted by atomic mass is 10.1. The molecular weight excluding hydrogens is 318 g/mol. The molecule has 0 heterocycles. The second-order valence-electron chi connectivity index (χ2n) is 4.25. The molecule has 3 nitrogen and oxygen atoms in total. The summed E-state index contributed by atoms with van der Waals surface area (Å²) in [5.74, 6) is -0.279. The fourth-order valence-corrected chi connectivity index (χ4v) is 2.12. The highest BCUT2D eigenvalue weighted by Gasteiger charge is 2.21. The Bertz CT molecular complexity index is 554. The fourth-order valence-electron chi connectivity index (χ4n) is 1.86. The van der Waals surface area contributed by atoms with E-state index in [4.69, 9.17) is 4.74 Å². The molecule has 2 rings (SSSR count). The van der Waals surface area contributed by atoms with E-state index >= 15 is 0 Å². The van der Waals surface area contributed by atoms with E-state index in [1.165, 1.54) is 0 Å². The van der Waals surface area contributed by atoms with Crippen molar-refractivity contribution < 1.29 is 9.53 Å². The molecular formula is C16H16BrNO2. The minimum Gasteiger partial charge on any atom is -0.464 e. The average Bonchev–Trinajstić information content (AvgIpc) is 2.47. The summed E-state index contributed by atoms with van der Waals surface area (Å²) >= 11 is 3.39. The Morgan fingerprint density at radius 3 is 2.40 bits per heavy atom. The lowest BCUT2D eigenvalue weighted by Crippen LogP contribution is -2.23. The quantitative estimate of drug-likeness (QED) is 0.834.